The second-order valence-electron chi connectivity index (χ2n) is 6.93. The molecule has 0 unspecified atom stereocenters. The summed E-state index contributed by atoms with van der Waals surface area (Å²) in [6, 6.07) is 0. The van der Waals surface area contributed by atoms with Crippen LogP contribution in [0.15, 0.2) is 12.7 Å². The number of esters is 1. The molecular formula is C16H28N2O4Si. The van der Waals surface area contributed by atoms with Crippen LogP contribution < -0.4 is 0 Å². The third-order valence-electron chi connectivity index (χ3n) is 4.12. The SMILES string of the molecule is C=CCC[C@@H](CC(=O)C(=[N+]=[N-])C(=O)OC)O[Si](C)(C)C(C)(C)C. The first-order valence-corrected chi connectivity index (χ1v) is 10.5. The van der Waals surface area contributed by atoms with Crippen LogP contribution in [0.4, 0.5) is 0 Å². The number of carbonyl (C=O) groups excluding carboxylic acids is 2. The summed E-state index contributed by atoms with van der Waals surface area (Å²) in [6.45, 7) is 14.2. The van der Waals surface area contributed by atoms with Crippen molar-refractivity contribution in [3.8, 4) is 0 Å². The molecule has 0 aliphatic rings. The van der Waals surface area contributed by atoms with Gasteiger partial charge in [0.05, 0.1) is 13.2 Å². The predicted molar refractivity (Wildman–Crippen MR) is 91.8 cm³/mol. The Morgan fingerprint density at radius 1 is 1.35 bits per heavy atom. The fraction of sp³-hybridized carbons (Fsp3) is 0.688. The fourth-order valence-corrected chi connectivity index (χ4v) is 3.10. The number of hydrogen-bond donors (Lipinski definition) is 0. The molecule has 1 atom stereocenters. The lowest BCUT2D eigenvalue weighted by atomic mass is 10.1. The lowest BCUT2D eigenvalue weighted by molar-refractivity contribution is -0.139. The molecule has 0 fully saturated rings. The van der Waals surface area contributed by atoms with E-state index in [4.69, 9.17) is 9.96 Å². The van der Waals surface area contributed by atoms with Crippen molar-refractivity contribution < 1.29 is 23.5 Å². The zero-order valence-corrected chi connectivity index (χ0v) is 16.0. The number of allylic oxidation sites excluding steroid dienone is 1. The van der Waals surface area contributed by atoms with Gasteiger partial charge >= 0.3 is 11.7 Å². The number of nitrogens with zero attached hydrogens (tertiary/aromatic N) is 2. The van der Waals surface area contributed by atoms with E-state index < -0.39 is 25.8 Å². The molecule has 23 heavy (non-hydrogen) atoms. The smallest absolute Gasteiger partial charge is 0.441 e. The number of ketones is 1. The number of Topliss-reactive ketones (excluding diaryl/α,β-unsaturated/α-hetero) is 1. The van der Waals surface area contributed by atoms with Crippen LogP contribution in [0.5, 0.6) is 0 Å². The molecule has 0 radical (unpaired) electrons. The molecule has 0 aromatic carbocycles. The van der Waals surface area contributed by atoms with Gasteiger partial charge in [-0.25, -0.2) is 4.79 Å². The Bertz CT molecular complexity index is 503. The fourth-order valence-electron chi connectivity index (χ4n) is 1.71. The molecule has 0 bridgehead atoms. The zero-order valence-electron chi connectivity index (χ0n) is 15.0. The third kappa shape index (κ3) is 6.60. The van der Waals surface area contributed by atoms with Crippen LogP contribution in [0.2, 0.25) is 18.1 Å². The van der Waals surface area contributed by atoms with Gasteiger partial charge < -0.3 is 14.7 Å². The van der Waals surface area contributed by atoms with Crippen molar-refractivity contribution in [1.29, 1.82) is 0 Å². The van der Waals surface area contributed by atoms with Gasteiger partial charge in [0.2, 0.25) is 0 Å². The van der Waals surface area contributed by atoms with E-state index >= 15 is 0 Å². The average molecular weight is 340 g/mol. The molecule has 0 saturated carbocycles. The first kappa shape index (κ1) is 21.4. The van der Waals surface area contributed by atoms with Crippen molar-refractivity contribution >= 4 is 25.8 Å². The van der Waals surface area contributed by atoms with Crippen molar-refractivity contribution in [2.45, 2.75) is 64.3 Å². The maximum atomic E-state index is 12.2. The van der Waals surface area contributed by atoms with E-state index in [-0.39, 0.29) is 17.6 Å². The van der Waals surface area contributed by atoms with Crippen LogP contribution in [0.3, 0.4) is 0 Å². The van der Waals surface area contributed by atoms with Crippen LogP contribution >= 0.6 is 0 Å². The standard InChI is InChI=1S/C16H28N2O4Si/c1-8-9-10-12(22-23(6,7)16(2,3)4)11-13(19)14(18-17)15(20)21-5/h8,12H,1,9-11H2,2-7H3/t12-/m0/s1. The quantitative estimate of drug-likeness (QED) is 0.123. The molecule has 130 valence electrons. The van der Waals surface area contributed by atoms with Crippen LogP contribution in [-0.2, 0) is 18.8 Å². The molecule has 0 saturated heterocycles. The highest BCUT2D eigenvalue weighted by Gasteiger charge is 2.40. The summed E-state index contributed by atoms with van der Waals surface area (Å²) in [6.07, 6.45) is 2.67. The second kappa shape index (κ2) is 8.91. The van der Waals surface area contributed by atoms with Crippen molar-refractivity contribution in [3.05, 3.63) is 18.2 Å². The van der Waals surface area contributed by atoms with Gasteiger partial charge in [-0.3, -0.25) is 4.79 Å². The molecule has 0 aliphatic carbocycles. The summed E-state index contributed by atoms with van der Waals surface area (Å²) < 4.78 is 10.7. The van der Waals surface area contributed by atoms with E-state index in [0.29, 0.717) is 12.8 Å². The molecule has 7 heteroatoms. The minimum absolute atomic E-state index is 0.00127. The van der Waals surface area contributed by atoms with E-state index in [1.807, 2.05) is 0 Å². The average Bonchev–Trinajstić information content (AvgIpc) is 2.43. The van der Waals surface area contributed by atoms with Gasteiger partial charge in [0, 0.05) is 6.42 Å². The highest BCUT2D eigenvalue weighted by molar-refractivity contribution is 6.74. The van der Waals surface area contributed by atoms with Crippen LogP contribution in [0, 0.1) is 0 Å². The maximum absolute atomic E-state index is 12.2. The molecule has 0 N–H and O–H groups in total. The molecular weight excluding hydrogens is 312 g/mol. The molecule has 6 nitrogen and oxygen atoms in total. The second-order valence-corrected chi connectivity index (χ2v) is 11.7. The lowest BCUT2D eigenvalue weighted by Crippen LogP contribution is -2.45. The summed E-state index contributed by atoms with van der Waals surface area (Å²) in [5.41, 5.74) is 8.26. The summed E-state index contributed by atoms with van der Waals surface area (Å²) in [5, 5.41) is -0.00127. The largest absolute Gasteiger partial charge is 0.460 e. The Kier molecular flexibility index (Phi) is 8.30. The highest BCUT2D eigenvalue weighted by Crippen LogP contribution is 2.38. The van der Waals surface area contributed by atoms with Gasteiger partial charge in [-0.1, -0.05) is 26.8 Å². The summed E-state index contributed by atoms with van der Waals surface area (Å²) >= 11 is 0. The molecule has 0 heterocycles. The van der Waals surface area contributed by atoms with E-state index in [0.717, 1.165) is 7.11 Å². The van der Waals surface area contributed by atoms with Gasteiger partial charge in [-0.05, 0) is 31.0 Å². The predicted octanol–water partition coefficient (Wildman–Crippen LogP) is 3.15. The number of hydrogen-bond acceptors (Lipinski definition) is 4. The van der Waals surface area contributed by atoms with E-state index in [9.17, 15) is 9.59 Å². The Morgan fingerprint density at radius 3 is 2.30 bits per heavy atom. The first-order valence-electron chi connectivity index (χ1n) is 7.62. The van der Waals surface area contributed by atoms with Gasteiger partial charge in [0.15, 0.2) is 8.32 Å². The van der Waals surface area contributed by atoms with Crippen LogP contribution in [-0.4, -0.2) is 43.8 Å². The lowest BCUT2D eigenvalue weighted by Gasteiger charge is -2.39. The highest BCUT2D eigenvalue weighted by atomic mass is 28.4. The Balaban J connectivity index is 5.20. The van der Waals surface area contributed by atoms with Crippen molar-refractivity contribution in [2.24, 2.45) is 0 Å². The summed E-state index contributed by atoms with van der Waals surface area (Å²) in [4.78, 5) is 26.4. The minimum atomic E-state index is -2.07. The summed E-state index contributed by atoms with van der Waals surface area (Å²) in [7, 11) is -0.943. The topological polar surface area (TPSA) is 89.0 Å². The maximum Gasteiger partial charge on any atom is 0.441 e. The van der Waals surface area contributed by atoms with Gasteiger partial charge in [0.1, 0.15) is 0 Å². The monoisotopic (exact) mass is 340 g/mol. The number of ether oxygens (including phenoxy) is 1. The Hall–Kier alpha value is -1.56. The first-order chi connectivity index (χ1) is 10.5. The normalized spacial score (nSPS) is 13.0. The molecule has 0 amide bonds. The third-order valence-corrected chi connectivity index (χ3v) is 8.65. The molecule has 0 aliphatic heterocycles. The number of carbonyl (C=O) groups is 2. The minimum Gasteiger partial charge on any atom is -0.460 e. The molecule has 0 rings (SSSR count). The van der Waals surface area contributed by atoms with Crippen molar-refractivity contribution in [2.75, 3.05) is 7.11 Å². The van der Waals surface area contributed by atoms with Crippen molar-refractivity contribution in [3.63, 3.8) is 0 Å². The van der Waals surface area contributed by atoms with Crippen LogP contribution in [0.25, 0.3) is 5.53 Å². The zero-order chi connectivity index (χ0) is 18.3. The number of methoxy groups -OCH3 is 1. The van der Waals surface area contributed by atoms with E-state index in [1.165, 1.54) is 0 Å². The van der Waals surface area contributed by atoms with Gasteiger partial charge in [-0.2, -0.15) is 4.79 Å². The molecule has 0 spiro atoms. The Morgan fingerprint density at radius 2 is 1.91 bits per heavy atom. The van der Waals surface area contributed by atoms with Crippen molar-refractivity contribution in [1.82, 2.24) is 0 Å². The van der Waals surface area contributed by atoms with Gasteiger partial charge in [-0.15, -0.1) is 6.58 Å². The van der Waals surface area contributed by atoms with E-state index in [1.54, 1.807) is 6.08 Å². The molecule has 0 aromatic heterocycles. The molecule has 0 aromatic rings. The van der Waals surface area contributed by atoms with Crippen LogP contribution in [0.1, 0.15) is 40.0 Å². The number of rotatable bonds is 9. The summed E-state index contributed by atoms with van der Waals surface area (Å²) in [5.74, 6) is -1.54. The van der Waals surface area contributed by atoms with E-state index in [2.05, 4.69) is 50.0 Å². The Labute approximate surface area is 139 Å². The van der Waals surface area contributed by atoms with Gasteiger partial charge in [0.25, 0.3) is 5.78 Å².